The van der Waals surface area contributed by atoms with Gasteiger partial charge in [0.25, 0.3) is 0 Å². The van der Waals surface area contributed by atoms with E-state index in [9.17, 15) is 0 Å². The van der Waals surface area contributed by atoms with Crippen molar-refractivity contribution in [3.63, 3.8) is 0 Å². The van der Waals surface area contributed by atoms with Gasteiger partial charge in [0.1, 0.15) is 12.5 Å². The summed E-state index contributed by atoms with van der Waals surface area (Å²) in [6, 6.07) is 80.7. The molecule has 0 radical (unpaired) electrons. The molecule has 0 N–H and O–H groups in total. The number of rotatable bonds is 8. The molecule has 1 aliphatic heterocycles. The molecule has 11 aromatic rings. The second-order valence-corrected chi connectivity index (χ2v) is 21.2. The molecule has 4 nitrogen and oxygen atoms in total. The minimum absolute atomic E-state index is 0.0996. The lowest BCUT2D eigenvalue weighted by Crippen LogP contribution is -2.56. The highest BCUT2D eigenvalue weighted by Crippen LogP contribution is 2.52. The average Bonchev–Trinajstić information content (AvgIpc) is 3.95. The van der Waals surface area contributed by atoms with Crippen molar-refractivity contribution in [3.8, 4) is 28.1 Å². The maximum Gasteiger partial charge on any atom is 0.242 e. The smallest absolute Gasteiger partial charge is 0.242 e. The monoisotopic (exact) mass is 916 g/mol. The van der Waals surface area contributed by atoms with Crippen LogP contribution in [0.25, 0.3) is 60.6 Å². The van der Waals surface area contributed by atoms with E-state index in [0.717, 1.165) is 22.5 Å². The largest absolute Gasteiger partial charge is 0.321 e. The van der Waals surface area contributed by atoms with Gasteiger partial charge >= 0.3 is 0 Å². The zero-order valence-corrected chi connectivity index (χ0v) is 41.4. The van der Waals surface area contributed by atoms with E-state index in [0.29, 0.717) is 6.67 Å². The number of anilines is 4. The van der Waals surface area contributed by atoms with Gasteiger partial charge in [-0.3, -0.25) is 4.57 Å². The maximum absolute atomic E-state index is 4.92. The number of pyridine rings is 1. The lowest BCUT2D eigenvalue weighted by molar-refractivity contribution is 0.575. The second kappa shape index (κ2) is 17.4. The number of hydrogen-bond acceptors (Lipinski definition) is 3. The molecule has 0 bridgehead atoms. The van der Waals surface area contributed by atoms with Crippen LogP contribution in [0.2, 0.25) is 0 Å². The van der Waals surface area contributed by atoms with E-state index in [1.165, 1.54) is 88.4 Å². The van der Waals surface area contributed by atoms with Gasteiger partial charge in [-0.15, -0.1) is 0 Å². The van der Waals surface area contributed by atoms with Crippen molar-refractivity contribution in [1.29, 1.82) is 0 Å². The summed E-state index contributed by atoms with van der Waals surface area (Å²) in [5, 5.41) is 4.89. The van der Waals surface area contributed by atoms with Crippen LogP contribution in [-0.2, 0) is 10.8 Å². The van der Waals surface area contributed by atoms with E-state index in [2.05, 4.69) is 268 Å². The summed E-state index contributed by atoms with van der Waals surface area (Å²) >= 11 is 0. The predicted molar refractivity (Wildman–Crippen MR) is 304 cm³/mol. The second-order valence-electron chi connectivity index (χ2n) is 21.2. The first-order valence-electron chi connectivity index (χ1n) is 25.0. The molecular weight excluding hydrogens is 860 g/mol. The Morgan fingerprint density at radius 2 is 1.03 bits per heavy atom. The minimum atomic E-state index is -0.128. The van der Waals surface area contributed by atoms with E-state index >= 15 is 0 Å². The SMILES string of the molecule is CC(C)(C)c1cccc(C(C)(C)C)c1B(c1cccc(N2CN(c3c(-c4ccccc4)cccc3-c3ccccc3)c3c2ccc2ccccc32)c1)c1ccc2c3ccccc3n(-c3ccccn3)c2c1. The van der Waals surface area contributed by atoms with Gasteiger partial charge < -0.3 is 9.80 Å². The zero-order chi connectivity index (χ0) is 48.4. The van der Waals surface area contributed by atoms with Crippen LogP contribution in [0.5, 0.6) is 0 Å². The van der Waals surface area contributed by atoms with Gasteiger partial charge in [0.05, 0.1) is 28.1 Å². The molecule has 71 heavy (non-hydrogen) atoms. The predicted octanol–water partition coefficient (Wildman–Crippen LogP) is 15.0. The molecule has 0 spiro atoms. The summed E-state index contributed by atoms with van der Waals surface area (Å²) in [5.74, 6) is 0.911. The molecule has 0 saturated heterocycles. The van der Waals surface area contributed by atoms with Crippen LogP contribution >= 0.6 is 0 Å². The number of fused-ring (bicyclic) bond motifs is 6. The summed E-state index contributed by atoms with van der Waals surface area (Å²) in [5.41, 5.74) is 18.2. The lowest BCUT2D eigenvalue weighted by atomic mass is 9.34. The third-order valence-electron chi connectivity index (χ3n) is 14.6. The molecule has 0 atom stereocenters. The average molecular weight is 917 g/mol. The molecule has 0 saturated carbocycles. The lowest BCUT2D eigenvalue weighted by Gasteiger charge is -2.34. The summed E-state index contributed by atoms with van der Waals surface area (Å²) in [4.78, 5) is 10.1. The number of para-hydroxylation sites is 2. The van der Waals surface area contributed by atoms with Crippen molar-refractivity contribution >= 4 is 78.4 Å². The minimum Gasteiger partial charge on any atom is -0.321 e. The molecule has 12 rings (SSSR count). The van der Waals surface area contributed by atoms with Gasteiger partial charge in [-0.25, -0.2) is 4.98 Å². The fourth-order valence-electron chi connectivity index (χ4n) is 11.5. The van der Waals surface area contributed by atoms with Crippen LogP contribution in [0.3, 0.4) is 0 Å². The van der Waals surface area contributed by atoms with Crippen LogP contribution in [-0.4, -0.2) is 22.9 Å². The first-order valence-corrected chi connectivity index (χ1v) is 25.0. The van der Waals surface area contributed by atoms with E-state index < -0.39 is 0 Å². The summed E-state index contributed by atoms with van der Waals surface area (Å²) in [7, 11) is 0. The van der Waals surface area contributed by atoms with Crippen LogP contribution < -0.4 is 26.2 Å². The first kappa shape index (κ1) is 44.1. The summed E-state index contributed by atoms with van der Waals surface area (Å²) < 4.78 is 2.35. The van der Waals surface area contributed by atoms with Crippen molar-refractivity contribution in [1.82, 2.24) is 9.55 Å². The maximum atomic E-state index is 4.92. The van der Waals surface area contributed by atoms with E-state index in [-0.39, 0.29) is 17.5 Å². The fourth-order valence-corrected chi connectivity index (χ4v) is 11.5. The Labute approximate surface area is 418 Å². The summed E-state index contributed by atoms with van der Waals surface area (Å²) in [6.07, 6.45) is 1.90. The van der Waals surface area contributed by atoms with Crippen molar-refractivity contribution < 1.29 is 0 Å². The Hall–Kier alpha value is -8.15. The van der Waals surface area contributed by atoms with Crippen LogP contribution in [0.1, 0.15) is 52.7 Å². The van der Waals surface area contributed by atoms with Crippen LogP contribution in [0.4, 0.5) is 22.7 Å². The molecule has 3 heterocycles. The van der Waals surface area contributed by atoms with Crippen molar-refractivity contribution in [2.45, 2.75) is 52.4 Å². The first-order chi connectivity index (χ1) is 34.5. The molecule has 9 aromatic carbocycles. The highest BCUT2D eigenvalue weighted by Gasteiger charge is 2.37. The van der Waals surface area contributed by atoms with Crippen molar-refractivity contribution in [3.05, 3.63) is 236 Å². The quantitative estimate of drug-likeness (QED) is 0.142. The Morgan fingerprint density at radius 1 is 0.437 bits per heavy atom. The number of nitrogens with zero attached hydrogens (tertiary/aromatic N) is 4. The van der Waals surface area contributed by atoms with Gasteiger partial charge in [-0.1, -0.05) is 234 Å². The molecule has 0 fully saturated rings. The van der Waals surface area contributed by atoms with Gasteiger partial charge in [-0.05, 0) is 80.9 Å². The van der Waals surface area contributed by atoms with Gasteiger partial charge in [0.15, 0.2) is 0 Å². The van der Waals surface area contributed by atoms with Gasteiger partial charge in [-0.2, -0.15) is 0 Å². The number of hydrogen-bond donors (Lipinski definition) is 0. The van der Waals surface area contributed by atoms with E-state index in [1.807, 2.05) is 12.3 Å². The number of aromatic nitrogens is 2. The highest BCUT2D eigenvalue weighted by atomic mass is 15.4. The van der Waals surface area contributed by atoms with E-state index in [4.69, 9.17) is 4.98 Å². The fraction of sp³-hybridized carbons (Fsp3) is 0.136. The molecule has 0 unspecified atom stereocenters. The number of benzene rings is 9. The Kier molecular flexibility index (Phi) is 10.8. The molecule has 1 aliphatic rings. The van der Waals surface area contributed by atoms with Gasteiger partial charge in [0.2, 0.25) is 6.71 Å². The molecule has 5 heteroatoms. The zero-order valence-electron chi connectivity index (χ0n) is 41.4. The molecule has 0 amide bonds. The Bertz CT molecular complexity index is 3680. The molecular formula is C66H57BN4. The van der Waals surface area contributed by atoms with Crippen LogP contribution in [0, 0.1) is 0 Å². The van der Waals surface area contributed by atoms with Crippen molar-refractivity contribution in [2.24, 2.45) is 0 Å². The standard InChI is InChI=1S/C66H57BN4/c1-65(2,3)56-33-21-34-57(66(4,5)6)62(56)67(49-38-39-55-54-30-15-16-35-58(54)71(60(55)43-49)61-36-17-18-41-68-61)48-27-19-28-50(42-48)69-44-70(64-53-29-14-13-26-47(53)37-40-59(64)69)63-51(45-22-9-7-10-23-45)31-20-32-52(63)46-24-11-8-12-25-46/h7-43H,44H2,1-6H3. The normalized spacial score (nSPS) is 12.8. The molecule has 344 valence electrons. The third-order valence-corrected chi connectivity index (χ3v) is 14.6. The third kappa shape index (κ3) is 7.68. The molecule has 2 aromatic heterocycles. The Balaban J connectivity index is 1.10. The van der Waals surface area contributed by atoms with E-state index in [1.54, 1.807) is 0 Å². The highest BCUT2D eigenvalue weighted by molar-refractivity contribution is 6.96. The van der Waals surface area contributed by atoms with Crippen molar-refractivity contribution in [2.75, 3.05) is 16.5 Å². The Morgan fingerprint density at radius 3 is 1.70 bits per heavy atom. The summed E-state index contributed by atoms with van der Waals surface area (Å²) in [6.45, 7) is 14.7. The van der Waals surface area contributed by atoms with Gasteiger partial charge in [0, 0.05) is 39.2 Å². The molecule has 0 aliphatic carbocycles. The van der Waals surface area contributed by atoms with Crippen LogP contribution in [0.15, 0.2) is 225 Å². The topological polar surface area (TPSA) is 24.3 Å².